The third-order valence-corrected chi connectivity index (χ3v) is 4.58. The average Bonchev–Trinajstić information content (AvgIpc) is 2.80. The van der Waals surface area contributed by atoms with Gasteiger partial charge in [-0.3, -0.25) is 14.4 Å². The van der Waals surface area contributed by atoms with Crippen LogP contribution in [0.5, 0.6) is 0 Å². The van der Waals surface area contributed by atoms with Gasteiger partial charge in [-0.15, -0.1) is 11.8 Å². The van der Waals surface area contributed by atoms with E-state index < -0.39 is 0 Å². The molecule has 74 valence electrons. The first-order valence-corrected chi connectivity index (χ1v) is 5.44. The predicted octanol–water partition coefficient (Wildman–Crippen LogP) is 0.203. The molecule has 2 fully saturated rings. The molecule has 3 aliphatic rings. The fourth-order valence-corrected chi connectivity index (χ4v) is 4.09. The SMILES string of the molecule is CON1C(=O)C2C(C1=O)[C@H]1C=C[C@@H]2S1. The molecule has 0 aromatic heterocycles. The van der Waals surface area contributed by atoms with Gasteiger partial charge in [-0.05, 0) is 0 Å². The van der Waals surface area contributed by atoms with Gasteiger partial charge < -0.3 is 0 Å². The number of hydroxylamine groups is 2. The van der Waals surface area contributed by atoms with Crippen molar-refractivity contribution in [3.05, 3.63) is 12.2 Å². The molecule has 0 aromatic rings. The third-order valence-electron chi connectivity index (χ3n) is 3.05. The van der Waals surface area contributed by atoms with Crippen LogP contribution in [0.1, 0.15) is 0 Å². The Labute approximate surface area is 85.2 Å². The third kappa shape index (κ3) is 0.797. The lowest BCUT2D eigenvalue weighted by Gasteiger charge is -2.12. The summed E-state index contributed by atoms with van der Waals surface area (Å²) in [5, 5.41) is 1.28. The molecular weight excluding hydrogens is 202 g/mol. The zero-order valence-electron chi connectivity index (χ0n) is 7.54. The van der Waals surface area contributed by atoms with Gasteiger partial charge in [-0.1, -0.05) is 12.2 Å². The van der Waals surface area contributed by atoms with Crippen LogP contribution in [0.2, 0.25) is 0 Å². The summed E-state index contributed by atoms with van der Waals surface area (Å²) < 4.78 is 0. The quantitative estimate of drug-likeness (QED) is 0.459. The highest BCUT2D eigenvalue weighted by atomic mass is 32.2. The lowest BCUT2D eigenvalue weighted by Crippen LogP contribution is -2.32. The molecule has 3 aliphatic heterocycles. The second-order valence-corrected chi connectivity index (χ2v) is 5.02. The van der Waals surface area contributed by atoms with Crippen LogP contribution in [-0.2, 0) is 14.4 Å². The molecular formula is C9H9NO3S. The minimum atomic E-state index is -0.178. The van der Waals surface area contributed by atoms with E-state index in [9.17, 15) is 9.59 Å². The fourth-order valence-electron chi connectivity index (χ4n) is 2.46. The van der Waals surface area contributed by atoms with Crippen LogP contribution in [0.4, 0.5) is 0 Å². The predicted molar refractivity (Wildman–Crippen MR) is 50.1 cm³/mol. The number of rotatable bonds is 1. The average molecular weight is 211 g/mol. The molecule has 5 heteroatoms. The minimum Gasteiger partial charge on any atom is -0.272 e. The Morgan fingerprint density at radius 1 is 1.21 bits per heavy atom. The number of amides is 2. The first-order chi connectivity index (χ1) is 6.74. The van der Waals surface area contributed by atoms with Crippen LogP contribution in [-0.4, -0.2) is 34.5 Å². The molecule has 2 amide bonds. The lowest BCUT2D eigenvalue weighted by molar-refractivity contribution is -0.181. The molecule has 4 nitrogen and oxygen atoms in total. The van der Waals surface area contributed by atoms with Crippen LogP contribution in [0.3, 0.4) is 0 Å². The van der Waals surface area contributed by atoms with Crippen molar-refractivity contribution < 1.29 is 14.4 Å². The second-order valence-electron chi connectivity index (χ2n) is 3.66. The van der Waals surface area contributed by atoms with Crippen LogP contribution < -0.4 is 0 Å². The zero-order valence-corrected chi connectivity index (χ0v) is 8.36. The Hall–Kier alpha value is -0.810. The van der Waals surface area contributed by atoms with Crippen molar-refractivity contribution in [3.63, 3.8) is 0 Å². The molecule has 0 aliphatic carbocycles. The number of carbonyl (C=O) groups is 2. The molecule has 0 N–H and O–H groups in total. The van der Waals surface area contributed by atoms with E-state index in [4.69, 9.17) is 4.84 Å². The molecule has 0 spiro atoms. The smallest absolute Gasteiger partial charge is 0.258 e. The summed E-state index contributed by atoms with van der Waals surface area (Å²) in [6.07, 6.45) is 4.06. The highest BCUT2D eigenvalue weighted by Crippen LogP contribution is 2.52. The maximum absolute atomic E-state index is 11.8. The van der Waals surface area contributed by atoms with Crippen molar-refractivity contribution in [2.75, 3.05) is 7.11 Å². The second kappa shape index (κ2) is 2.61. The van der Waals surface area contributed by atoms with Crippen molar-refractivity contribution in [1.82, 2.24) is 5.06 Å². The number of hydrogen-bond acceptors (Lipinski definition) is 4. The highest BCUT2D eigenvalue weighted by Gasteiger charge is 2.60. The van der Waals surface area contributed by atoms with Crippen molar-refractivity contribution >= 4 is 23.6 Å². The summed E-state index contributed by atoms with van der Waals surface area (Å²) in [6, 6.07) is 0. The van der Waals surface area contributed by atoms with Gasteiger partial charge in [-0.25, -0.2) is 0 Å². The molecule has 0 aromatic carbocycles. The van der Waals surface area contributed by atoms with Crippen LogP contribution in [0, 0.1) is 11.8 Å². The van der Waals surface area contributed by atoms with Crippen molar-refractivity contribution in [3.8, 4) is 0 Å². The van der Waals surface area contributed by atoms with Crippen molar-refractivity contribution in [2.45, 2.75) is 10.5 Å². The highest BCUT2D eigenvalue weighted by molar-refractivity contribution is 8.01. The van der Waals surface area contributed by atoms with Crippen molar-refractivity contribution in [1.29, 1.82) is 0 Å². The molecule has 3 rings (SSSR count). The van der Waals surface area contributed by atoms with Gasteiger partial charge >= 0.3 is 0 Å². The summed E-state index contributed by atoms with van der Waals surface area (Å²) in [7, 11) is 1.36. The summed E-state index contributed by atoms with van der Waals surface area (Å²) in [5.41, 5.74) is 0. The van der Waals surface area contributed by atoms with Crippen molar-refractivity contribution in [2.24, 2.45) is 11.8 Å². The van der Waals surface area contributed by atoms with Gasteiger partial charge in [0.2, 0.25) is 0 Å². The molecule has 2 saturated heterocycles. The van der Waals surface area contributed by atoms with E-state index in [1.54, 1.807) is 11.8 Å². The topological polar surface area (TPSA) is 46.6 Å². The first-order valence-electron chi connectivity index (χ1n) is 4.50. The first kappa shape index (κ1) is 8.49. The Balaban J connectivity index is 2.02. The van der Waals surface area contributed by atoms with E-state index in [0.29, 0.717) is 0 Å². The number of carbonyl (C=O) groups excluding carboxylic acids is 2. The molecule has 14 heavy (non-hydrogen) atoms. The van der Waals surface area contributed by atoms with E-state index in [1.165, 1.54) is 7.11 Å². The van der Waals surface area contributed by atoms with E-state index in [1.807, 2.05) is 12.2 Å². The van der Waals surface area contributed by atoms with Crippen LogP contribution >= 0.6 is 11.8 Å². The summed E-state index contributed by atoms with van der Waals surface area (Å²) in [6.45, 7) is 0. The van der Waals surface area contributed by atoms with Gasteiger partial charge in [0.1, 0.15) is 0 Å². The Morgan fingerprint density at radius 3 is 2.14 bits per heavy atom. The Morgan fingerprint density at radius 2 is 1.71 bits per heavy atom. The maximum atomic E-state index is 11.8. The van der Waals surface area contributed by atoms with E-state index in [-0.39, 0.29) is 34.2 Å². The van der Waals surface area contributed by atoms with Crippen LogP contribution in [0.15, 0.2) is 12.2 Å². The van der Waals surface area contributed by atoms with Gasteiger partial charge in [0.25, 0.3) is 11.8 Å². The Bertz CT molecular complexity index is 324. The molecule has 4 atom stereocenters. The number of thioether (sulfide) groups is 1. The molecule has 0 saturated carbocycles. The number of hydrogen-bond donors (Lipinski definition) is 0. The monoisotopic (exact) mass is 211 g/mol. The Kier molecular flexibility index (Phi) is 1.58. The van der Waals surface area contributed by atoms with E-state index in [0.717, 1.165) is 5.06 Å². The molecule has 2 bridgehead atoms. The number of fused-ring (bicyclic) bond motifs is 5. The number of imide groups is 1. The molecule has 2 unspecified atom stereocenters. The van der Waals surface area contributed by atoms with Gasteiger partial charge in [0.05, 0.1) is 18.9 Å². The summed E-state index contributed by atoms with van der Waals surface area (Å²) in [4.78, 5) is 28.3. The standard InChI is InChI=1S/C9H9NO3S/c1-13-10-8(11)6-4-2-3-5(14-4)7(6)9(10)12/h2-7H,1H3/t4-,5+,6?,7?. The van der Waals surface area contributed by atoms with E-state index in [2.05, 4.69) is 0 Å². The van der Waals surface area contributed by atoms with Gasteiger partial charge in [0, 0.05) is 10.5 Å². The molecule has 3 heterocycles. The largest absolute Gasteiger partial charge is 0.272 e. The fraction of sp³-hybridized carbons (Fsp3) is 0.556. The minimum absolute atomic E-state index is 0.174. The summed E-state index contributed by atoms with van der Waals surface area (Å²) in [5.74, 6) is -0.705. The van der Waals surface area contributed by atoms with Gasteiger partial charge in [-0.2, -0.15) is 5.06 Å². The zero-order chi connectivity index (χ0) is 9.87. The lowest BCUT2D eigenvalue weighted by atomic mass is 9.85. The summed E-state index contributed by atoms with van der Waals surface area (Å²) >= 11 is 1.71. The van der Waals surface area contributed by atoms with E-state index >= 15 is 0 Å². The van der Waals surface area contributed by atoms with Gasteiger partial charge in [0.15, 0.2) is 0 Å². The maximum Gasteiger partial charge on any atom is 0.258 e. The molecule has 0 radical (unpaired) electrons. The van der Waals surface area contributed by atoms with Crippen LogP contribution in [0.25, 0.3) is 0 Å². The normalized spacial score (nSPS) is 43.9. The number of nitrogens with zero attached hydrogens (tertiary/aromatic N) is 1.